The van der Waals surface area contributed by atoms with Gasteiger partial charge in [-0.2, -0.15) is 0 Å². The maximum absolute atomic E-state index is 14.6. The Morgan fingerprint density at radius 2 is 1.69 bits per heavy atom. The normalized spacial score (nSPS) is 17.7. The number of aryl methyl sites for hydroxylation is 3. The number of pyridine rings is 1. The molecule has 0 radical (unpaired) electrons. The van der Waals surface area contributed by atoms with Gasteiger partial charge in [-0.1, -0.05) is 44.2 Å². The van der Waals surface area contributed by atoms with E-state index >= 15 is 0 Å². The molecule has 0 bridgehead atoms. The van der Waals surface area contributed by atoms with Crippen molar-refractivity contribution in [3.8, 4) is 11.1 Å². The number of carboxylic acid groups (broad SMARTS) is 1. The van der Waals surface area contributed by atoms with Crippen LogP contribution in [0, 0.1) is 37.8 Å². The Kier molecular flexibility index (Phi) is 9.13. The van der Waals surface area contributed by atoms with Gasteiger partial charge in [-0.3, -0.25) is 9.88 Å². The van der Waals surface area contributed by atoms with E-state index < -0.39 is 29.3 Å². The largest absolute Gasteiger partial charge is 0.479 e. The highest BCUT2D eigenvalue weighted by Crippen LogP contribution is 2.45. The van der Waals surface area contributed by atoms with Gasteiger partial charge in [0.15, 0.2) is 17.7 Å². The monoisotopic (exact) mass is 619 g/mol. The highest BCUT2D eigenvalue weighted by atomic mass is 19.2. The molecule has 45 heavy (non-hydrogen) atoms. The van der Waals surface area contributed by atoms with Crippen LogP contribution >= 0.6 is 0 Å². The molecule has 2 aliphatic rings. The predicted molar refractivity (Wildman–Crippen MR) is 175 cm³/mol. The highest BCUT2D eigenvalue weighted by Gasteiger charge is 2.36. The Bertz CT molecular complexity index is 1600. The second kappa shape index (κ2) is 12.4. The zero-order valence-corrected chi connectivity index (χ0v) is 28.0. The minimum atomic E-state index is -1.17. The van der Waals surface area contributed by atoms with Crippen molar-refractivity contribution in [2.75, 3.05) is 24.5 Å². The number of ether oxygens (including phenoxy) is 1. The van der Waals surface area contributed by atoms with Crippen molar-refractivity contribution in [2.24, 2.45) is 5.41 Å². The van der Waals surface area contributed by atoms with Gasteiger partial charge in [-0.25, -0.2) is 13.6 Å². The van der Waals surface area contributed by atoms with Gasteiger partial charge < -0.3 is 14.7 Å². The first kappa shape index (κ1) is 33.0. The summed E-state index contributed by atoms with van der Waals surface area (Å²) in [5.74, 6) is -2.57. The molecular formula is C37H47F2N3O3. The molecule has 0 amide bonds. The minimum Gasteiger partial charge on any atom is -0.479 e. The second-order valence-corrected chi connectivity index (χ2v) is 14.6. The van der Waals surface area contributed by atoms with Gasteiger partial charge in [0, 0.05) is 60.8 Å². The molecule has 1 aromatic heterocycles. The summed E-state index contributed by atoms with van der Waals surface area (Å²) in [5.41, 5.74) is 7.56. The van der Waals surface area contributed by atoms with Crippen molar-refractivity contribution in [3.05, 3.63) is 81.2 Å². The maximum Gasteiger partial charge on any atom is 0.337 e. The Hall–Kier alpha value is -3.36. The molecule has 8 heteroatoms. The topological polar surface area (TPSA) is 65.9 Å². The smallest absolute Gasteiger partial charge is 0.337 e. The van der Waals surface area contributed by atoms with Crippen LogP contribution < -0.4 is 4.90 Å². The number of rotatable bonds is 7. The zero-order chi connectivity index (χ0) is 32.8. The molecule has 1 atom stereocenters. The third-order valence-corrected chi connectivity index (χ3v) is 9.31. The van der Waals surface area contributed by atoms with Gasteiger partial charge in [0.2, 0.25) is 0 Å². The van der Waals surface area contributed by atoms with Crippen LogP contribution in [0.3, 0.4) is 0 Å². The summed E-state index contributed by atoms with van der Waals surface area (Å²) >= 11 is 0. The molecule has 6 nitrogen and oxygen atoms in total. The third kappa shape index (κ3) is 7.07. The molecule has 1 unspecified atom stereocenters. The molecule has 2 aliphatic heterocycles. The minimum absolute atomic E-state index is 0.215. The van der Waals surface area contributed by atoms with Gasteiger partial charge in [-0.05, 0) is 88.5 Å². The molecule has 0 aliphatic carbocycles. The number of anilines is 1. The standard InChI is InChI=1S/C37H47F2N3O3/c1-22-9-10-28(32(39)31(22)38)21-41-16-13-25-19-26(11-12-27(25)20-41)29-23(2)40-24(3)30(34(35(43)44)45-36(4,5)6)33(29)42-17-14-37(7,8)15-18-42/h9-12,19,34H,13-18,20-21H2,1-8H3,(H,43,44). The Morgan fingerprint density at radius 1 is 1.00 bits per heavy atom. The average molecular weight is 620 g/mol. The number of hydrogen-bond acceptors (Lipinski definition) is 5. The van der Waals surface area contributed by atoms with Crippen LogP contribution in [0.2, 0.25) is 0 Å². The number of aromatic nitrogens is 1. The first-order valence-corrected chi connectivity index (χ1v) is 16.0. The van der Waals surface area contributed by atoms with Crippen molar-refractivity contribution in [1.29, 1.82) is 0 Å². The van der Waals surface area contributed by atoms with Crippen LogP contribution in [0.25, 0.3) is 11.1 Å². The summed E-state index contributed by atoms with van der Waals surface area (Å²) in [6.07, 6.45) is 1.59. The van der Waals surface area contributed by atoms with Crippen LogP contribution in [-0.2, 0) is 29.0 Å². The van der Waals surface area contributed by atoms with E-state index in [0.29, 0.717) is 35.5 Å². The fraction of sp³-hybridized carbons (Fsp3) is 0.514. The van der Waals surface area contributed by atoms with E-state index in [9.17, 15) is 18.7 Å². The highest BCUT2D eigenvalue weighted by molar-refractivity contribution is 5.88. The summed E-state index contributed by atoms with van der Waals surface area (Å²) < 4.78 is 35.1. The van der Waals surface area contributed by atoms with Gasteiger partial charge >= 0.3 is 5.97 Å². The number of aliphatic carboxylic acids is 1. The molecule has 0 spiro atoms. The van der Waals surface area contributed by atoms with E-state index in [1.807, 2.05) is 34.6 Å². The lowest BCUT2D eigenvalue weighted by molar-refractivity contribution is -0.160. The molecule has 1 saturated heterocycles. The Labute approximate surface area is 266 Å². The lowest BCUT2D eigenvalue weighted by atomic mass is 9.81. The summed E-state index contributed by atoms with van der Waals surface area (Å²) in [4.78, 5) is 22.2. The molecule has 1 fully saturated rings. The molecule has 5 rings (SSSR count). The third-order valence-electron chi connectivity index (χ3n) is 9.31. The van der Waals surface area contributed by atoms with Crippen LogP contribution in [0.4, 0.5) is 14.5 Å². The number of carboxylic acids is 1. The predicted octanol–water partition coefficient (Wildman–Crippen LogP) is 8.08. The fourth-order valence-electron chi connectivity index (χ4n) is 6.71. The molecule has 3 aromatic rings. The van der Waals surface area contributed by atoms with E-state index in [1.165, 1.54) is 5.56 Å². The number of piperidine rings is 1. The molecule has 1 N–H and O–H groups in total. The van der Waals surface area contributed by atoms with Crippen molar-refractivity contribution in [1.82, 2.24) is 9.88 Å². The lowest BCUT2D eigenvalue weighted by Crippen LogP contribution is -2.39. The quantitative estimate of drug-likeness (QED) is 0.289. The molecular weight excluding hydrogens is 572 g/mol. The Balaban J connectivity index is 1.56. The first-order valence-electron chi connectivity index (χ1n) is 16.0. The Morgan fingerprint density at radius 3 is 2.33 bits per heavy atom. The summed E-state index contributed by atoms with van der Waals surface area (Å²) in [5, 5.41) is 10.5. The van der Waals surface area contributed by atoms with Crippen molar-refractivity contribution < 1.29 is 23.4 Å². The van der Waals surface area contributed by atoms with Crippen LogP contribution in [0.5, 0.6) is 0 Å². The van der Waals surface area contributed by atoms with E-state index in [-0.39, 0.29) is 5.41 Å². The maximum atomic E-state index is 14.6. The van der Waals surface area contributed by atoms with Crippen molar-refractivity contribution >= 4 is 11.7 Å². The second-order valence-electron chi connectivity index (χ2n) is 14.6. The van der Waals surface area contributed by atoms with Crippen molar-refractivity contribution in [2.45, 2.75) is 99.4 Å². The van der Waals surface area contributed by atoms with E-state index in [1.54, 1.807) is 19.1 Å². The van der Waals surface area contributed by atoms with Gasteiger partial charge in [0.05, 0.1) is 11.3 Å². The molecule has 242 valence electrons. The van der Waals surface area contributed by atoms with E-state index in [0.717, 1.165) is 67.0 Å². The number of hydrogen-bond donors (Lipinski definition) is 1. The fourth-order valence-corrected chi connectivity index (χ4v) is 6.71. The number of halogens is 2. The molecule has 2 aromatic carbocycles. The molecule has 3 heterocycles. The van der Waals surface area contributed by atoms with Crippen LogP contribution in [-0.4, -0.2) is 46.2 Å². The number of benzene rings is 2. The SMILES string of the molecule is Cc1ccc(CN2CCc3cc(-c4c(C)nc(C)c(C(OC(C)(C)C)C(=O)O)c4N4CCC(C)(C)CC4)ccc3C2)c(F)c1F. The van der Waals surface area contributed by atoms with Gasteiger partial charge in [0.1, 0.15) is 0 Å². The lowest BCUT2D eigenvalue weighted by Gasteiger charge is -2.41. The first-order chi connectivity index (χ1) is 21.0. The molecule has 0 saturated carbocycles. The van der Waals surface area contributed by atoms with Gasteiger partial charge in [-0.15, -0.1) is 0 Å². The van der Waals surface area contributed by atoms with Gasteiger partial charge in [0.25, 0.3) is 0 Å². The number of carbonyl (C=O) groups is 1. The number of fused-ring (bicyclic) bond motifs is 1. The zero-order valence-electron chi connectivity index (χ0n) is 28.0. The van der Waals surface area contributed by atoms with Crippen molar-refractivity contribution in [3.63, 3.8) is 0 Å². The summed E-state index contributed by atoms with van der Waals surface area (Å²) in [7, 11) is 0. The number of nitrogens with zero attached hydrogens (tertiary/aromatic N) is 3. The average Bonchev–Trinajstić information content (AvgIpc) is 2.95. The summed E-state index contributed by atoms with van der Waals surface area (Å²) in [6.45, 7) is 19.0. The van der Waals surface area contributed by atoms with Crippen LogP contribution in [0.1, 0.15) is 92.8 Å². The van der Waals surface area contributed by atoms with E-state index in [4.69, 9.17) is 9.72 Å². The van der Waals surface area contributed by atoms with Crippen LogP contribution in [0.15, 0.2) is 30.3 Å². The van der Waals surface area contributed by atoms with E-state index in [2.05, 4.69) is 41.8 Å². The summed E-state index contributed by atoms with van der Waals surface area (Å²) in [6, 6.07) is 9.72.